The van der Waals surface area contributed by atoms with Crippen molar-refractivity contribution in [3.63, 3.8) is 0 Å². The summed E-state index contributed by atoms with van der Waals surface area (Å²) in [6.45, 7) is 2.08. The van der Waals surface area contributed by atoms with Crippen LogP contribution in [-0.4, -0.2) is 26.2 Å². The van der Waals surface area contributed by atoms with Crippen molar-refractivity contribution in [1.82, 2.24) is 0 Å². The van der Waals surface area contributed by atoms with Crippen molar-refractivity contribution < 1.29 is 9.47 Å². The van der Waals surface area contributed by atoms with Gasteiger partial charge in [0.2, 0.25) is 0 Å². The standard InChI is InChI=1S/C19H27NO2S4/c1-10(20)15-13-7-3-2-5-11-9-12(17(24)21-16(11)23)6-4-8-14(15)19(26)22-18(13)25/h10-15H,2-9,20H2,1H3. The second-order valence-corrected chi connectivity index (χ2v) is 9.58. The van der Waals surface area contributed by atoms with Crippen molar-refractivity contribution in [2.24, 2.45) is 35.3 Å². The van der Waals surface area contributed by atoms with Gasteiger partial charge in [0.1, 0.15) is 0 Å². The molecule has 2 heterocycles. The van der Waals surface area contributed by atoms with Gasteiger partial charge in [-0.15, -0.1) is 0 Å². The van der Waals surface area contributed by atoms with Crippen molar-refractivity contribution in [2.45, 2.75) is 64.3 Å². The number of thiocarbonyl (C=S) groups is 4. The van der Waals surface area contributed by atoms with Crippen LogP contribution in [0.25, 0.3) is 0 Å². The highest BCUT2D eigenvalue weighted by atomic mass is 32.1. The summed E-state index contributed by atoms with van der Waals surface area (Å²) >= 11 is 22.0. The number of ether oxygens (including phenoxy) is 2. The number of hydrogen-bond donors (Lipinski definition) is 1. The van der Waals surface area contributed by atoms with Crippen LogP contribution in [0.3, 0.4) is 0 Å². The maximum absolute atomic E-state index is 6.39. The molecule has 0 radical (unpaired) electrons. The van der Waals surface area contributed by atoms with Crippen LogP contribution < -0.4 is 5.73 Å². The predicted molar refractivity (Wildman–Crippen MR) is 121 cm³/mol. The molecule has 26 heavy (non-hydrogen) atoms. The third-order valence-electron chi connectivity index (χ3n) is 6.17. The third kappa shape index (κ3) is 4.49. The van der Waals surface area contributed by atoms with E-state index in [4.69, 9.17) is 64.1 Å². The maximum atomic E-state index is 6.39. The molecule has 0 aromatic heterocycles. The molecule has 1 saturated carbocycles. The lowest BCUT2D eigenvalue weighted by Crippen LogP contribution is -2.48. The van der Waals surface area contributed by atoms with Crippen LogP contribution in [0.4, 0.5) is 0 Å². The number of rotatable bonds is 1. The van der Waals surface area contributed by atoms with Crippen LogP contribution in [0, 0.1) is 29.6 Å². The first-order chi connectivity index (χ1) is 12.4. The molecule has 3 nitrogen and oxygen atoms in total. The van der Waals surface area contributed by atoms with Gasteiger partial charge < -0.3 is 15.2 Å². The molecule has 3 fully saturated rings. The molecule has 144 valence electrons. The van der Waals surface area contributed by atoms with E-state index < -0.39 is 0 Å². The number of fused-ring (bicyclic) bond motifs is 4. The van der Waals surface area contributed by atoms with E-state index in [1.165, 1.54) is 0 Å². The maximum Gasteiger partial charge on any atom is 0.171 e. The molecule has 2 N–H and O–H groups in total. The number of hydrogen-bond acceptors (Lipinski definition) is 7. The average Bonchev–Trinajstić information content (AvgIpc) is 2.57. The molecule has 4 bridgehead atoms. The summed E-state index contributed by atoms with van der Waals surface area (Å²) < 4.78 is 11.6. The topological polar surface area (TPSA) is 44.5 Å². The van der Waals surface area contributed by atoms with E-state index in [1.807, 2.05) is 0 Å². The van der Waals surface area contributed by atoms with Gasteiger partial charge in [0, 0.05) is 29.7 Å². The van der Waals surface area contributed by atoms with Gasteiger partial charge in [-0.2, -0.15) is 0 Å². The quantitative estimate of drug-likeness (QED) is 0.594. The Morgan fingerprint density at radius 2 is 1.23 bits per heavy atom. The predicted octanol–water partition coefficient (Wildman–Crippen LogP) is 4.92. The highest BCUT2D eigenvalue weighted by Crippen LogP contribution is 2.40. The monoisotopic (exact) mass is 429 g/mol. The van der Waals surface area contributed by atoms with Crippen molar-refractivity contribution in [2.75, 3.05) is 0 Å². The second kappa shape index (κ2) is 8.95. The van der Waals surface area contributed by atoms with Crippen LogP contribution in [0.2, 0.25) is 0 Å². The Labute approximate surface area is 177 Å². The summed E-state index contributed by atoms with van der Waals surface area (Å²) in [5.74, 6) is 1.33. The minimum Gasteiger partial charge on any atom is -0.443 e. The van der Waals surface area contributed by atoms with Gasteiger partial charge >= 0.3 is 0 Å². The van der Waals surface area contributed by atoms with Gasteiger partial charge in [0.15, 0.2) is 20.2 Å². The Morgan fingerprint density at radius 3 is 1.81 bits per heavy atom. The molecule has 3 aliphatic rings. The number of nitrogens with two attached hydrogens (primary N) is 1. The average molecular weight is 430 g/mol. The van der Waals surface area contributed by atoms with Crippen LogP contribution in [0.5, 0.6) is 0 Å². The summed E-state index contributed by atoms with van der Waals surface area (Å²) in [4.78, 5) is 0. The lowest BCUT2D eigenvalue weighted by molar-refractivity contribution is 0.204. The minimum atomic E-state index is 0.0474. The van der Waals surface area contributed by atoms with Gasteiger partial charge in [0.05, 0.1) is 0 Å². The molecule has 0 aromatic rings. The van der Waals surface area contributed by atoms with E-state index in [-0.39, 0.29) is 23.8 Å². The molecule has 0 aromatic carbocycles. The first-order valence-corrected chi connectivity index (χ1v) is 11.3. The van der Waals surface area contributed by atoms with E-state index in [0.717, 1.165) is 51.4 Å². The lowest BCUT2D eigenvalue weighted by atomic mass is 9.72. The van der Waals surface area contributed by atoms with E-state index in [2.05, 4.69) is 6.92 Å². The largest absolute Gasteiger partial charge is 0.443 e. The fourth-order valence-electron chi connectivity index (χ4n) is 4.81. The van der Waals surface area contributed by atoms with Crippen molar-refractivity contribution in [3.8, 4) is 0 Å². The molecule has 0 amide bonds. The Kier molecular flexibility index (Phi) is 7.11. The van der Waals surface area contributed by atoms with Gasteiger partial charge in [0.25, 0.3) is 0 Å². The van der Waals surface area contributed by atoms with Crippen molar-refractivity contribution in [3.05, 3.63) is 0 Å². The highest BCUT2D eigenvalue weighted by Gasteiger charge is 2.43. The van der Waals surface area contributed by atoms with Crippen LogP contribution in [-0.2, 0) is 9.47 Å². The minimum absolute atomic E-state index is 0.0474. The van der Waals surface area contributed by atoms with E-state index in [9.17, 15) is 0 Å². The van der Waals surface area contributed by atoms with Gasteiger partial charge in [-0.1, -0.05) is 19.3 Å². The Bertz CT molecular complexity index is 606. The van der Waals surface area contributed by atoms with Crippen molar-refractivity contribution >= 4 is 69.1 Å². The molecule has 6 unspecified atom stereocenters. The molecule has 1 aliphatic carbocycles. The van der Waals surface area contributed by atoms with E-state index >= 15 is 0 Å². The Balaban J connectivity index is 1.81. The summed E-state index contributed by atoms with van der Waals surface area (Å²) in [5, 5.41) is 2.63. The normalized spacial score (nSPS) is 37.5. The first-order valence-electron chi connectivity index (χ1n) is 9.65. The van der Waals surface area contributed by atoms with Crippen LogP contribution in [0.15, 0.2) is 0 Å². The summed E-state index contributed by atoms with van der Waals surface area (Å²) in [6.07, 6.45) is 8.30. The zero-order chi connectivity index (χ0) is 18.8. The smallest absolute Gasteiger partial charge is 0.171 e. The molecule has 2 aliphatic heterocycles. The lowest BCUT2D eigenvalue weighted by Gasteiger charge is -2.41. The molecular weight excluding hydrogens is 402 g/mol. The fraction of sp³-hybridized carbons (Fsp3) is 0.789. The SMILES string of the molecule is CC(N)C1C2CCCCC3CC(CCCC1C(=S)OC2=S)C(=S)OC3=S. The molecule has 2 saturated heterocycles. The third-order valence-corrected chi connectivity index (χ3v) is 7.77. The Morgan fingerprint density at radius 1 is 0.769 bits per heavy atom. The summed E-state index contributed by atoms with van der Waals surface area (Å²) in [7, 11) is 0. The fourth-order valence-corrected chi connectivity index (χ4v) is 6.25. The molecule has 3 rings (SSSR count). The highest BCUT2D eigenvalue weighted by molar-refractivity contribution is 7.81. The van der Waals surface area contributed by atoms with E-state index in [0.29, 0.717) is 32.0 Å². The first kappa shape index (κ1) is 20.6. The van der Waals surface area contributed by atoms with E-state index in [1.54, 1.807) is 0 Å². The molecular formula is C19H27NO2S4. The van der Waals surface area contributed by atoms with Gasteiger partial charge in [-0.25, -0.2) is 0 Å². The van der Waals surface area contributed by atoms with Gasteiger partial charge in [-0.3, -0.25) is 0 Å². The summed E-state index contributed by atoms with van der Waals surface area (Å²) in [6, 6.07) is 0.0474. The van der Waals surface area contributed by atoms with Crippen molar-refractivity contribution in [1.29, 1.82) is 0 Å². The van der Waals surface area contributed by atoms with Crippen LogP contribution in [0.1, 0.15) is 58.3 Å². The zero-order valence-electron chi connectivity index (χ0n) is 15.1. The second-order valence-electron chi connectivity index (χ2n) is 7.97. The molecule has 0 spiro atoms. The molecule has 6 atom stereocenters. The van der Waals surface area contributed by atoms with Gasteiger partial charge in [-0.05, 0) is 93.8 Å². The zero-order valence-corrected chi connectivity index (χ0v) is 18.4. The molecule has 7 heteroatoms. The summed E-state index contributed by atoms with van der Waals surface area (Å²) in [5.41, 5.74) is 6.39. The Hall–Kier alpha value is -0.0800. The van der Waals surface area contributed by atoms with Crippen LogP contribution >= 0.6 is 48.9 Å².